The quantitative estimate of drug-likeness (QED) is 0.454. The van der Waals surface area contributed by atoms with Crippen LogP contribution in [0.15, 0.2) is 36.5 Å². The van der Waals surface area contributed by atoms with Gasteiger partial charge in [-0.1, -0.05) is 24.3 Å². The van der Waals surface area contributed by atoms with Crippen molar-refractivity contribution in [3.05, 3.63) is 58.9 Å². The number of ether oxygens (including phenoxy) is 1. The molecule has 0 spiro atoms. The van der Waals surface area contributed by atoms with Crippen molar-refractivity contribution in [3.8, 4) is 0 Å². The fourth-order valence-electron chi connectivity index (χ4n) is 2.88. The molecule has 160 valence electrons. The number of nitrogens with zero attached hydrogens (tertiary/aromatic N) is 1. The van der Waals surface area contributed by atoms with Crippen LogP contribution in [0.4, 0.5) is 0 Å². The maximum Gasteiger partial charge on any atom is 0.325 e. The lowest BCUT2D eigenvalue weighted by atomic mass is 10.1. The molecule has 0 radical (unpaired) electrons. The van der Waals surface area contributed by atoms with E-state index in [0.717, 1.165) is 16.7 Å². The van der Waals surface area contributed by atoms with Crippen LogP contribution in [0.25, 0.3) is 0 Å². The molecule has 0 bridgehead atoms. The standard InChI is InChI=1S/C22H27N3O5/c1-4-23-20(27)10-17-5-7-18(8-6-17)14-30-22(29)11-24-21(28)13-25-12-15(2)9-19(25)16(3)26/h5-9,12H,4,10-11,13-14H2,1-3H3,(H,23,27)(H,24,28). The molecule has 0 aliphatic carbocycles. The molecule has 0 aliphatic heterocycles. The van der Waals surface area contributed by atoms with Gasteiger partial charge in [0.15, 0.2) is 5.78 Å². The van der Waals surface area contributed by atoms with E-state index in [-0.39, 0.29) is 37.3 Å². The number of rotatable bonds is 10. The summed E-state index contributed by atoms with van der Waals surface area (Å²) in [5.41, 5.74) is 2.97. The van der Waals surface area contributed by atoms with Crippen molar-refractivity contribution in [2.45, 2.75) is 40.3 Å². The number of nitrogens with one attached hydrogen (secondary N) is 2. The number of carbonyl (C=O) groups excluding carboxylic acids is 4. The van der Waals surface area contributed by atoms with Gasteiger partial charge in [-0.3, -0.25) is 19.2 Å². The maximum absolute atomic E-state index is 12.1. The van der Waals surface area contributed by atoms with Crippen LogP contribution in [-0.4, -0.2) is 41.2 Å². The Balaban J connectivity index is 1.75. The second-order valence-corrected chi connectivity index (χ2v) is 6.97. The Bertz CT molecular complexity index is 915. The molecule has 0 saturated heterocycles. The number of aryl methyl sites for hydroxylation is 1. The van der Waals surface area contributed by atoms with E-state index in [1.807, 2.05) is 26.0 Å². The van der Waals surface area contributed by atoms with Crippen LogP contribution in [0.3, 0.4) is 0 Å². The summed E-state index contributed by atoms with van der Waals surface area (Å²) in [6.07, 6.45) is 2.01. The average molecular weight is 413 g/mol. The zero-order valence-electron chi connectivity index (χ0n) is 17.5. The molecule has 1 heterocycles. The zero-order valence-corrected chi connectivity index (χ0v) is 17.5. The summed E-state index contributed by atoms with van der Waals surface area (Å²) in [7, 11) is 0. The smallest absolute Gasteiger partial charge is 0.325 e. The molecule has 2 aromatic rings. The highest BCUT2D eigenvalue weighted by Gasteiger charge is 2.13. The number of carbonyl (C=O) groups is 4. The van der Waals surface area contributed by atoms with Gasteiger partial charge in [0.05, 0.1) is 12.1 Å². The Labute approximate surface area is 175 Å². The van der Waals surface area contributed by atoms with Gasteiger partial charge in [0, 0.05) is 19.7 Å². The summed E-state index contributed by atoms with van der Waals surface area (Å²) < 4.78 is 6.72. The fraction of sp³-hybridized carbons (Fsp3) is 0.364. The lowest BCUT2D eigenvalue weighted by Crippen LogP contribution is -2.33. The van der Waals surface area contributed by atoms with Gasteiger partial charge in [0.25, 0.3) is 0 Å². The van der Waals surface area contributed by atoms with E-state index in [2.05, 4.69) is 10.6 Å². The third kappa shape index (κ3) is 7.20. The Hall–Kier alpha value is -3.42. The highest BCUT2D eigenvalue weighted by atomic mass is 16.5. The van der Waals surface area contributed by atoms with Crippen LogP contribution in [0.1, 0.15) is 41.0 Å². The van der Waals surface area contributed by atoms with E-state index >= 15 is 0 Å². The third-order valence-electron chi connectivity index (χ3n) is 4.30. The molecule has 0 fully saturated rings. The number of hydrogen-bond donors (Lipinski definition) is 2. The normalized spacial score (nSPS) is 10.4. The summed E-state index contributed by atoms with van der Waals surface area (Å²) in [6.45, 7) is 5.49. The SMILES string of the molecule is CCNC(=O)Cc1ccc(COC(=O)CNC(=O)Cn2cc(C)cc2C(C)=O)cc1. The largest absolute Gasteiger partial charge is 0.460 e. The van der Waals surface area contributed by atoms with Crippen LogP contribution in [0, 0.1) is 6.92 Å². The van der Waals surface area contributed by atoms with Crippen molar-refractivity contribution >= 4 is 23.6 Å². The van der Waals surface area contributed by atoms with Gasteiger partial charge < -0.3 is 19.9 Å². The minimum Gasteiger partial charge on any atom is -0.460 e. The van der Waals surface area contributed by atoms with Gasteiger partial charge in [0.1, 0.15) is 19.7 Å². The second kappa shape index (κ2) is 10.9. The highest BCUT2D eigenvalue weighted by molar-refractivity contribution is 5.93. The lowest BCUT2D eigenvalue weighted by molar-refractivity contribution is -0.145. The molecule has 0 saturated carbocycles. The van der Waals surface area contributed by atoms with E-state index < -0.39 is 5.97 Å². The second-order valence-electron chi connectivity index (χ2n) is 6.97. The average Bonchev–Trinajstić information content (AvgIpc) is 3.06. The Kier molecular flexibility index (Phi) is 8.34. The number of ketones is 1. The molecule has 0 atom stereocenters. The first-order valence-corrected chi connectivity index (χ1v) is 9.73. The van der Waals surface area contributed by atoms with Gasteiger partial charge in [-0.2, -0.15) is 0 Å². The van der Waals surface area contributed by atoms with Crippen molar-refractivity contribution in [2.24, 2.45) is 0 Å². The molecule has 2 amide bonds. The molecule has 2 N–H and O–H groups in total. The maximum atomic E-state index is 12.1. The lowest BCUT2D eigenvalue weighted by Gasteiger charge is -2.09. The van der Waals surface area contributed by atoms with E-state index in [1.54, 1.807) is 29.0 Å². The van der Waals surface area contributed by atoms with Crippen LogP contribution >= 0.6 is 0 Å². The topological polar surface area (TPSA) is 106 Å². The number of Topliss-reactive ketones (excluding diaryl/α,β-unsaturated/α-hetero) is 1. The monoisotopic (exact) mass is 413 g/mol. The summed E-state index contributed by atoms with van der Waals surface area (Å²) in [6, 6.07) is 8.92. The van der Waals surface area contributed by atoms with Crippen LogP contribution in [-0.2, 0) is 38.7 Å². The Morgan fingerprint density at radius 3 is 2.30 bits per heavy atom. The predicted octanol–water partition coefficient (Wildman–Crippen LogP) is 1.54. The van der Waals surface area contributed by atoms with Gasteiger partial charge in [-0.25, -0.2) is 0 Å². The summed E-state index contributed by atoms with van der Waals surface area (Å²) in [5, 5.41) is 5.23. The number of likely N-dealkylation sites (N-methyl/N-ethyl adjacent to an activating group) is 1. The first-order valence-electron chi connectivity index (χ1n) is 9.73. The molecular weight excluding hydrogens is 386 g/mol. The molecule has 1 aromatic heterocycles. The van der Waals surface area contributed by atoms with E-state index in [9.17, 15) is 19.2 Å². The molecule has 2 rings (SSSR count). The van der Waals surface area contributed by atoms with Crippen LogP contribution < -0.4 is 10.6 Å². The van der Waals surface area contributed by atoms with Crippen molar-refractivity contribution < 1.29 is 23.9 Å². The van der Waals surface area contributed by atoms with Gasteiger partial charge in [-0.05, 0) is 36.6 Å². The fourth-order valence-corrected chi connectivity index (χ4v) is 2.88. The minimum absolute atomic E-state index is 0.0436. The van der Waals surface area contributed by atoms with Crippen LogP contribution in [0.5, 0.6) is 0 Å². The first kappa shape index (κ1) is 22.9. The number of amides is 2. The van der Waals surface area contributed by atoms with Crippen LogP contribution in [0.2, 0.25) is 0 Å². The highest BCUT2D eigenvalue weighted by Crippen LogP contribution is 2.09. The summed E-state index contributed by atoms with van der Waals surface area (Å²) in [4.78, 5) is 47.1. The van der Waals surface area contributed by atoms with Crippen molar-refractivity contribution in [1.82, 2.24) is 15.2 Å². The minimum atomic E-state index is -0.565. The van der Waals surface area contributed by atoms with E-state index in [0.29, 0.717) is 18.7 Å². The van der Waals surface area contributed by atoms with E-state index in [4.69, 9.17) is 4.74 Å². The molecule has 30 heavy (non-hydrogen) atoms. The van der Waals surface area contributed by atoms with Gasteiger partial charge >= 0.3 is 5.97 Å². The predicted molar refractivity (Wildman–Crippen MR) is 111 cm³/mol. The number of esters is 1. The molecule has 8 nitrogen and oxygen atoms in total. The third-order valence-corrected chi connectivity index (χ3v) is 4.30. The van der Waals surface area contributed by atoms with Crippen molar-refractivity contribution in [3.63, 3.8) is 0 Å². The first-order chi connectivity index (χ1) is 14.3. The molecular formula is C22H27N3O5. The number of aromatic nitrogens is 1. The van der Waals surface area contributed by atoms with Crippen molar-refractivity contribution in [1.29, 1.82) is 0 Å². The van der Waals surface area contributed by atoms with E-state index in [1.165, 1.54) is 6.92 Å². The summed E-state index contributed by atoms with van der Waals surface area (Å²) in [5.74, 6) is -1.13. The van der Waals surface area contributed by atoms with Gasteiger partial charge in [0.2, 0.25) is 11.8 Å². The molecule has 0 unspecified atom stereocenters. The number of benzene rings is 1. The van der Waals surface area contributed by atoms with Crippen molar-refractivity contribution in [2.75, 3.05) is 13.1 Å². The molecule has 1 aromatic carbocycles. The number of hydrogen-bond acceptors (Lipinski definition) is 5. The molecule has 0 aliphatic rings. The Morgan fingerprint density at radius 2 is 1.67 bits per heavy atom. The zero-order chi connectivity index (χ0) is 22.1. The van der Waals surface area contributed by atoms with Gasteiger partial charge in [-0.15, -0.1) is 0 Å². The summed E-state index contributed by atoms with van der Waals surface area (Å²) >= 11 is 0. The molecule has 8 heteroatoms. The Morgan fingerprint density at radius 1 is 1.00 bits per heavy atom.